The third-order valence-corrected chi connectivity index (χ3v) is 7.59. The summed E-state index contributed by atoms with van der Waals surface area (Å²) in [7, 11) is 3.06. The summed E-state index contributed by atoms with van der Waals surface area (Å²) in [5.74, 6) is 1.18. The number of amides is 1. The Hall–Kier alpha value is -4.21. The molecule has 2 atom stereocenters. The molecule has 1 amide bonds. The number of ether oxygens (including phenoxy) is 1. The van der Waals surface area contributed by atoms with Gasteiger partial charge >= 0.3 is 11.8 Å². The van der Waals surface area contributed by atoms with Gasteiger partial charge in [0.25, 0.3) is 0 Å². The van der Waals surface area contributed by atoms with Crippen LogP contribution in [0, 0.1) is 5.82 Å². The van der Waals surface area contributed by atoms with Crippen LogP contribution in [0.15, 0.2) is 53.5 Å². The Balaban J connectivity index is 1.28. The quantitative estimate of drug-likeness (QED) is 0.374. The number of aryl methyl sites for hydroxylation is 1. The molecule has 0 unspecified atom stereocenters. The normalized spacial score (nSPS) is 19.0. The van der Waals surface area contributed by atoms with Gasteiger partial charge in [0.15, 0.2) is 0 Å². The van der Waals surface area contributed by atoms with E-state index in [0.717, 1.165) is 18.4 Å². The van der Waals surface area contributed by atoms with Gasteiger partial charge in [-0.05, 0) is 55.7 Å². The summed E-state index contributed by atoms with van der Waals surface area (Å²) >= 11 is 0. The van der Waals surface area contributed by atoms with E-state index in [9.17, 15) is 14.0 Å². The van der Waals surface area contributed by atoms with Gasteiger partial charge in [-0.15, -0.1) is 0 Å². The molecular formula is C28H29FN6O3. The third-order valence-electron chi connectivity index (χ3n) is 7.59. The number of carbonyl (C=O) groups is 1. The van der Waals surface area contributed by atoms with E-state index in [2.05, 4.69) is 20.6 Å². The van der Waals surface area contributed by atoms with E-state index in [1.165, 1.54) is 31.6 Å². The fraction of sp³-hybridized carbons (Fsp3) is 0.357. The van der Waals surface area contributed by atoms with Crippen LogP contribution in [0.1, 0.15) is 49.6 Å². The Labute approximate surface area is 218 Å². The molecule has 0 aliphatic heterocycles. The predicted octanol–water partition coefficient (Wildman–Crippen LogP) is 5.01. The average Bonchev–Trinajstić information content (AvgIpc) is 3.63. The number of methoxy groups -OCH3 is 1. The van der Waals surface area contributed by atoms with Gasteiger partial charge in [-0.1, -0.05) is 24.3 Å². The highest BCUT2D eigenvalue weighted by Crippen LogP contribution is 2.40. The van der Waals surface area contributed by atoms with Gasteiger partial charge in [0.05, 0.1) is 24.3 Å². The van der Waals surface area contributed by atoms with E-state index in [4.69, 9.17) is 4.74 Å². The summed E-state index contributed by atoms with van der Waals surface area (Å²) in [5.41, 5.74) is 3.56. The SMILES string of the molecule is COC(=O)N[C@@H]1CC[C@@H](n2c(=O)n(C)c3cnc(Nc4ccc(F)c(-c5ccc(C6CC6)cc5)n4)cc32)C1. The Bertz CT molecular complexity index is 1570. The van der Waals surface area contributed by atoms with E-state index in [0.29, 0.717) is 35.1 Å². The van der Waals surface area contributed by atoms with Crippen molar-refractivity contribution in [3.8, 4) is 11.3 Å². The van der Waals surface area contributed by atoms with Crippen LogP contribution in [-0.2, 0) is 11.8 Å². The van der Waals surface area contributed by atoms with Gasteiger partial charge in [0.2, 0.25) is 0 Å². The molecular weight excluding hydrogens is 487 g/mol. The first-order chi connectivity index (χ1) is 18.4. The minimum Gasteiger partial charge on any atom is -0.453 e. The molecule has 1 aromatic carbocycles. The maximum atomic E-state index is 14.7. The van der Waals surface area contributed by atoms with E-state index < -0.39 is 11.9 Å². The summed E-state index contributed by atoms with van der Waals surface area (Å²) in [4.78, 5) is 33.8. The number of alkyl carbamates (subject to hydrolysis) is 1. The van der Waals surface area contributed by atoms with Crippen molar-refractivity contribution in [2.75, 3.05) is 12.4 Å². The van der Waals surface area contributed by atoms with Gasteiger partial charge in [-0.2, -0.15) is 0 Å². The van der Waals surface area contributed by atoms with Gasteiger partial charge in [0.1, 0.15) is 23.1 Å². The van der Waals surface area contributed by atoms with Crippen LogP contribution < -0.4 is 16.3 Å². The Kier molecular flexibility index (Phi) is 6.09. The van der Waals surface area contributed by atoms with Crippen LogP contribution in [0.25, 0.3) is 22.3 Å². The fourth-order valence-corrected chi connectivity index (χ4v) is 5.40. The lowest BCUT2D eigenvalue weighted by Gasteiger charge is -2.14. The molecule has 4 aromatic rings. The highest BCUT2D eigenvalue weighted by atomic mass is 19.1. The zero-order valence-corrected chi connectivity index (χ0v) is 21.3. The summed E-state index contributed by atoms with van der Waals surface area (Å²) in [6.45, 7) is 0. The third kappa shape index (κ3) is 4.51. The maximum absolute atomic E-state index is 14.7. The molecule has 2 aliphatic rings. The van der Waals surface area contributed by atoms with Crippen molar-refractivity contribution in [3.63, 3.8) is 0 Å². The number of anilines is 2. The number of fused-ring (bicyclic) bond motifs is 1. The lowest BCUT2D eigenvalue weighted by Crippen LogP contribution is -2.33. The minimum absolute atomic E-state index is 0.0609. The predicted molar refractivity (Wildman–Crippen MR) is 142 cm³/mol. The van der Waals surface area contributed by atoms with Crippen LogP contribution >= 0.6 is 0 Å². The van der Waals surface area contributed by atoms with E-state index in [1.54, 1.807) is 28.4 Å². The second-order valence-electron chi connectivity index (χ2n) is 10.1. The van der Waals surface area contributed by atoms with Crippen LogP contribution in [-0.4, -0.2) is 38.3 Å². The number of hydrogen-bond donors (Lipinski definition) is 2. The Morgan fingerprint density at radius 3 is 2.58 bits per heavy atom. The first-order valence-corrected chi connectivity index (χ1v) is 12.9. The highest BCUT2D eigenvalue weighted by molar-refractivity contribution is 5.79. The first-order valence-electron chi connectivity index (χ1n) is 12.9. The number of rotatable bonds is 6. The molecule has 3 aromatic heterocycles. The molecule has 0 radical (unpaired) electrons. The number of imidazole rings is 1. The van der Waals surface area contributed by atoms with Crippen molar-refractivity contribution in [2.24, 2.45) is 7.05 Å². The molecule has 3 heterocycles. The lowest BCUT2D eigenvalue weighted by molar-refractivity contribution is 0.166. The van der Waals surface area contributed by atoms with Crippen molar-refractivity contribution >= 4 is 28.8 Å². The number of pyridine rings is 2. The summed E-state index contributed by atoms with van der Waals surface area (Å²) in [6, 6.07) is 12.6. The summed E-state index contributed by atoms with van der Waals surface area (Å²) < 4.78 is 22.8. The van der Waals surface area contributed by atoms with Crippen molar-refractivity contribution in [1.82, 2.24) is 24.4 Å². The van der Waals surface area contributed by atoms with Crippen molar-refractivity contribution in [2.45, 2.75) is 50.1 Å². The van der Waals surface area contributed by atoms with Gasteiger partial charge in [-0.25, -0.2) is 23.9 Å². The van der Waals surface area contributed by atoms with Crippen LogP contribution in [0.3, 0.4) is 0 Å². The first kappa shape index (κ1) is 24.1. The topological polar surface area (TPSA) is 103 Å². The van der Waals surface area contributed by atoms with E-state index in [1.807, 2.05) is 30.3 Å². The van der Waals surface area contributed by atoms with Gasteiger partial charge in [0, 0.05) is 30.8 Å². The monoisotopic (exact) mass is 516 g/mol. The number of hydrogen-bond acceptors (Lipinski definition) is 6. The molecule has 38 heavy (non-hydrogen) atoms. The lowest BCUT2D eigenvalue weighted by atomic mass is 10.1. The number of halogens is 1. The molecule has 2 fully saturated rings. The smallest absolute Gasteiger partial charge is 0.407 e. The largest absolute Gasteiger partial charge is 0.453 e. The van der Waals surface area contributed by atoms with Crippen molar-refractivity contribution in [1.29, 1.82) is 0 Å². The molecule has 196 valence electrons. The second-order valence-corrected chi connectivity index (χ2v) is 10.1. The molecule has 6 rings (SSSR count). The summed E-state index contributed by atoms with van der Waals surface area (Å²) in [6.07, 6.45) is 5.73. The summed E-state index contributed by atoms with van der Waals surface area (Å²) in [5, 5.41) is 6.01. The molecule has 9 nitrogen and oxygen atoms in total. The molecule has 10 heteroatoms. The van der Waals surface area contributed by atoms with E-state index in [-0.39, 0.29) is 23.5 Å². The van der Waals surface area contributed by atoms with E-state index >= 15 is 0 Å². The number of nitrogens with zero attached hydrogens (tertiary/aromatic N) is 4. The zero-order chi connectivity index (χ0) is 26.4. The highest BCUT2D eigenvalue weighted by Gasteiger charge is 2.30. The fourth-order valence-electron chi connectivity index (χ4n) is 5.40. The van der Waals surface area contributed by atoms with Gasteiger partial charge in [-0.3, -0.25) is 9.13 Å². The molecule has 2 N–H and O–H groups in total. The molecule has 0 saturated heterocycles. The number of aromatic nitrogens is 4. The molecule has 2 aliphatic carbocycles. The molecule has 0 spiro atoms. The minimum atomic E-state index is -0.471. The number of carbonyl (C=O) groups excluding carboxylic acids is 1. The Morgan fingerprint density at radius 1 is 1.05 bits per heavy atom. The molecule has 2 saturated carbocycles. The number of nitrogens with one attached hydrogen (secondary N) is 2. The average molecular weight is 517 g/mol. The second kappa shape index (κ2) is 9.59. The standard InChI is InChI=1S/C28H29FN6O3/c1-34-23-15-30-25(14-22(23)35(28(34)37)20-10-9-19(13-20)31-27(36)38-2)32-24-12-11-21(29)26(33-24)18-7-5-17(6-8-18)16-3-4-16/h5-8,11-12,14-16,19-20H,3-4,9-10,13H2,1-2H3,(H,31,36)(H,30,32,33)/t19-,20-/m1/s1. The molecule has 0 bridgehead atoms. The van der Waals surface area contributed by atoms with Crippen molar-refractivity contribution < 1.29 is 13.9 Å². The number of benzene rings is 1. The zero-order valence-electron chi connectivity index (χ0n) is 21.3. The van der Waals surface area contributed by atoms with Gasteiger partial charge < -0.3 is 15.4 Å². The Morgan fingerprint density at radius 2 is 1.84 bits per heavy atom. The van der Waals surface area contributed by atoms with Crippen molar-refractivity contribution in [3.05, 3.63) is 70.5 Å². The van der Waals surface area contributed by atoms with Crippen LogP contribution in [0.2, 0.25) is 0 Å². The van der Waals surface area contributed by atoms with Crippen LogP contribution in [0.5, 0.6) is 0 Å². The van der Waals surface area contributed by atoms with Crippen LogP contribution in [0.4, 0.5) is 20.8 Å². The maximum Gasteiger partial charge on any atom is 0.407 e.